The molecule has 18 heavy (non-hydrogen) atoms. The molecule has 4 heteroatoms. The minimum atomic E-state index is 0.600. The Kier molecular flexibility index (Phi) is 4.86. The van der Waals surface area contributed by atoms with Crippen LogP contribution in [-0.4, -0.2) is 31.1 Å². The van der Waals surface area contributed by atoms with Crippen LogP contribution in [0.25, 0.3) is 0 Å². The van der Waals surface area contributed by atoms with Crippen molar-refractivity contribution in [2.75, 3.05) is 31.5 Å². The van der Waals surface area contributed by atoms with Crippen LogP contribution in [0, 0.1) is 11.3 Å². The van der Waals surface area contributed by atoms with Crippen molar-refractivity contribution in [2.24, 2.45) is 0 Å². The highest BCUT2D eigenvalue weighted by Crippen LogP contribution is 2.22. The summed E-state index contributed by atoms with van der Waals surface area (Å²) in [6, 6.07) is 7.44. The SMILES string of the molecule is N#Cc1ccc(NCCCN2CCCC2)c(Cl)c1. The summed E-state index contributed by atoms with van der Waals surface area (Å²) >= 11 is 6.09. The van der Waals surface area contributed by atoms with E-state index >= 15 is 0 Å². The molecule has 0 aromatic heterocycles. The van der Waals surface area contributed by atoms with Crippen LogP contribution in [0.5, 0.6) is 0 Å². The van der Waals surface area contributed by atoms with E-state index < -0.39 is 0 Å². The Hall–Kier alpha value is -1.24. The number of anilines is 1. The number of halogens is 1. The Labute approximate surface area is 113 Å². The lowest BCUT2D eigenvalue weighted by Crippen LogP contribution is -2.22. The van der Waals surface area contributed by atoms with Crippen LogP contribution in [0.1, 0.15) is 24.8 Å². The Morgan fingerprint density at radius 3 is 2.78 bits per heavy atom. The molecule has 96 valence electrons. The molecule has 1 aliphatic rings. The van der Waals surface area contributed by atoms with Crippen LogP contribution in [0.3, 0.4) is 0 Å². The van der Waals surface area contributed by atoms with Gasteiger partial charge in [0.05, 0.1) is 22.3 Å². The van der Waals surface area contributed by atoms with E-state index in [0.29, 0.717) is 10.6 Å². The lowest BCUT2D eigenvalue weighted by atomic mass is 10.2. The minimum absolute atomic E-state index is 0.600. The van der Waals surface area contributed by atoms with Gasteiger partial charge in [-0.3, -0.25) is 0 Å². The molecule has 0 aliphatic carbocycles. The molecule has 2 rings (SSSR count). The lowest BCUT2D eigenvalue weighted by Gasteiger charge is -2.15. The molecule has 1 aromatic carbocycles. The Morgan fingerprint density at radius 1 is 1.33 bits per heavy atom. The van der Waals surface area contributed by atoms with Crippen molar-refractivity contribution < 1.29 is 0 Å². The molecular weight excluding hydrogens is 246 g/mol. The molecule has 0 saturated carbocycles. The first-order valence-corrected chi connectivity index (χ1v) is 6.83. The predicted octanol–water partition coefficient (Wildman–Crippen LogP) is 3.11. The highest BCUT2D eigenvalue weighted by atomic mass is 35.5. The van der Waals surface area contributed by atoms with Crippen molar-refractivity contribution in [2.45, 2.75) is 19.3 Å². The van der Waals surface area contributed by atoms with Crippen molar-refractivity contribution in [3.63, 3.8) is 0 Å². The Balaban J connectivity index is 1.74. The zero-order chi connectivity index (χ0) is 12.8. The fourth-order valence-corrected chi connectivity index (χ4v) is 2.51. The number of nitrogens with zero attached hydrogens (tertiary/aromatic N) is 2. The number of hydrogen-bond donors (Lipinski definition) is 1. The number of likely N-dealkylation sites (tertiary alicyclic amines) is 1. The number of rotatable bonds is 5. The summed E-state index contributed by atoms with van der Waals surface area (Å²) in [5.74, 6) is 0. The maximum absolute atomic E-state index is 8.75. The second-order valence-electron chi connectivity index (χ2n) is 4.64. The third-order valence-electron chi connectivity index (χ3n) is 3.26. The Morgan fingerprint density at radius 2 is 2.11 bits per heavy atom. The zero-order valence-electron chi connectivity index (χ0n) is 10.5. The van der Waals surface area contributed by atoms with E-state index in [1.165, 1.54) is 25.9 Å². The fourth-order valence-electron chi connectivity index (χ4n) is 2.26. The molecule has 0 unspecified atom stereocenters. The van der Waals surface area contributed by atoms with E-state index in [1.54, 1.807) is 12.1 Å². The van der Waals surface area contributed by atoms with Crippen molar-refractivity contribution >= 4 is 17.3 Å². The average molecular weight is 264 g/mol. The van der Waals surface area contributed by atoms with Gasteiger partial charge in [0.1, 0.15) is 0 Å². The second-order valence-corrected chi connectivity index (χ2v) is 5.04. The van der Waals surface area contributed by atoms with Gasteiger partial charge in [-0.15, -0.1) is 0 Å². The lowest BCUT2D eigenvalue weighted by molar-refractivity contribution is 0.337. The van der Waals surface area contributed by atoms with E-state index in [9.17, 15) is 0 Å². The van der Waals surface area contributed by atoms with Crippen LogP contribution in [0.4, 0.5) is 5.69 Å². The topological polar surface area (TPSA) is 39.1 Å². The number of nitriles is 1. The van der Waals surface area contributed by atoms with Gasteiger partial charge in [-0.25, -0.2) is 0 Å². The van der Waals surface area contributed by atoms with Crippen LogP contribution in [-0.2, 0) is 0 Å². The van der Waals surface area contributed by atoms with E-state index in [-0.39, 0.29) is 0 Å². The van der Waals surface area contributed by atoms with Gasteiger partial charge < -0.3 is 10.2 Å². The van der Waals surface area contributed by atoms with Crippen molar-refractivity contribution in [3.8, 4) is 6.07 Å². The summed E-state index contributed by atoms with van der Waals surface area (Å²) < 4.78 is 0. The normalized spacial score (nSPS) is 15.6. The maximum Gasteiger partial charge on any atom is 0.0992 e. The van der Waals surface area contributed by atoms with Crippen molar-refractivity contribution in [1.82, 2.24) is 4.90 Å². The molecular formula is C14H18ClN3. The van der Waals surface area contributed by atoms with Crippen LogP contribution >= 0.6 is 11.6 Å². The molecule has 1 heterocycles. The van der Waals surface area contributed by atoms with Gasteiger partial charge in [-0.2, -0.15) is 5.26 Å². The maximum atomic E-state index is 8.75. The highest BCUT2D eigenvalue weighted by Gasteiger charge is 2.10. The summed E-state index contributed by atoms with van der Waals surface area (Å²) in [7, 11) is 0. The van der Waals surface area contributed by atoms with Gasteiger partial charge in [-0.1, -0.05) is 11.6 Å². The van der Waals surface area contributed by atoms with Gasteiger partial charge in [0.25, 0.3) is 0 Å². The smallest absolute Gasteiger partial charge is 0.0992 e. The first-order chi connectivity index (χ1) is 8.79. The average Bonchev–Trinajstić information content (AvgIpc) is 2.89. The molecule has 0 bridgehead atoms. The molecule has 1 fully saturated rings. The summed E-state index contributed by atoms with van der Waals surface area (Å²) in [6.45, 7) is 4.57. The van der Waals surface area contributed by atoms with Crippen LogP contribution in [0.15, 0.2) is 18.2 Å². The van der Waals surface area contributed by atoms with E-state index in [4.69, 9.17) is 16.9 Å². The fraction of sp³-hybridized carbons (Fsp3) is 0.500. The van der Waals surface area contributed by atoms with E-state index in [1.807, 2.05) is 6.07 Å². The molecule has 0 atom stereocenters. The summed E-state index contributed by atoms with van der Waals surface area (Å²) in [5, 5.41) is 12.7. The monoisotopic (exact) mass is 263 g/mol. The third-order valence-corrected chi connectivity index (χ3v) is 3.58. The van der Waals surface area contributed by atoms with Gasteiger partial charge in [0, 0.05) is 6.54 Å². The molecule has 0 spiro atoms. The number of benzene rings is 1. The molecule has 0 amide bonds. The minimum Gasteiger partial charge on any atom is -0.384 e. The summed E-state index contributed by atoms with van der Waals surface area (Å²) in [6.07, 6.45) is 3.81. The first kappa shape index (κ1) is 13.2. The summed E-state index contributed by atoms with van der Waals surface area (Å²) in [5.41, 5.74) is 1.51. The van der Waals surface area contributed by atoms with Crippen LogP contribution < -0.4 is 5.32 Å². The van der Waals surface area contributed by atoms with Crippen LogP contribution in [0.2, 0.25) is 5.02 Å². The predicted molar refractivity (Wildman–Crippen MR) is 74.9 cm³/mol. The molecule has 1 saturated heterocycles. The third kappa shape index (κ3) is 3.63. The molecule has 1 aliphatic heterocycles. The van der Waals surface area contributed by atoms with Gasteiger partial charge in [0.15, 0.2) is 0 Å². The summed E-state index contributed by atoms with van der Waals surface area (Å²) in [4.78, 5) is 2.50. The first-order valence-electron chi connectivity index (χ1n) is 6.45. The zero-order valence-corrected chi connectivity index (χ0v) is 11.2. The number of hydrogen-bond acceptors (Lipinski definition) is 3. The van der Waals surface area contributed by atoms with Gasteiger partial charge in [0.2, 0.25) is 0 Å². The van der Waals surface area contributed by atoms with Crippen molar-refractivity contribution in [1.29, 1.82) is 5.26 Å². The largest absolute Gasteiger partial charge is 0.384 e. The molecule has 3 nitrogen and oxygen atoms in total. The van der Waals surface area contributed by atoms with Crippen molar-refractivity contribution in [3.05, 3.63) is 28.8 Å². The number of nitrogens with one attached hydrogen (secondary N) is 1. The standard InChI is InChI=1S/C14H18ClN3/c15-13-10-12(11-16)4-5-14(13)17-6-3-9-18-7-1-2-8-18/h4-5,10,17H,1-3,6-9H2. The second kappa shape index (κ2) is 6.63. The molecule has 0 radical (unpaired) electrons. The van der Waals surface area contributed by atoms with Gasteiger partial charge in [-0.05, 0) is 57.1 Å². The molecule has 1 aromatic rings. The highest BCUT2D eigenvalue weighted by molar-refractivity contribution is 6.33. The van der Waals surface area contributed by atoms with E-state index in [0.717, 1.165) is 25.2 Å². The quantitative estimate of drug-likeness (QED) is 0.830. The van der Waals surface area contributed by atoms with E-state index in [2.05, 4.69) is 16.3 Å². The van der Waals surface area contributed by atoms with Gasteiger partial charge >= 0.3 is 0 Å². The molecule has 1 N–H and O–H groups in total. The Bertz CT molecular complexity index is 433.